The van der Waals surface area contributed by atoms with Gasteiger partial charge < -0.3 is 15.5 Å². The van der Waals surface area contributed by atoms with E-state index in [9.17, 15) is 15.0 Å². The van der Waals surface area contributed by atoms with Crippen LogP contribution in [0.1, 0.15) is 44.1 Å². The molecule has 4 heteroatoms. The first-order chi connectivity index (χ1) is 10.5. The van der Waals surface area contributed by atoms with Crippen LogP contribution in [0.3, 0.4) is 0 Å². The third-order valence-corrected chi connectivity index (χ3v) is 5.85. The molecule has 4 aliphatic carbocycles. The molecule has 4 bridgehead atoms. The normalized spacial score (nSPS) is 35.5. The van der Waals surface area contributed by atoms with Crippen LogP contribution >= 0.6 is 0 Å². The maximum absolute atomic E-state index is 12.4. The first kappa shape index (κ1) is 13.9. The molecule has 1 aromatic rings. The summed E-state index contributed by atoms with van der Waals surface area (Å²) in [5, 5.41) is 22.2. The van der Waals surface area contributed by atoms with Gasteiger partial charge in [0, 0.05) is 5.54 Å². The summed E-state index contributed by atoms with van der Waals surface area (Å²) in [5.41, 5.74) is 0.766. The topological polar surface area (TPSA) is 69.6 Å². The molecule has 1 aromatic carbocycles. The van der Waals surface area contributed by atoms with Crippen LogP contribution in [0.15, 0.2) is 18.2 Å². The number of aromatic hydroxyl groups is 2. The second-order valence-corrected chi connectivity index (χ2v) is 7.75. The van der Waals surface area contributed by atoms with E-state index in [2.05, 4.69) is 5.32 Å². The van der Waals surface area contributed by atoms with Crippen LogP contribution in [-0.4, -0.2) is 21.7 Å². The fraction of sp³-hybridized carbons (Fsp3) is 0.611. The van der Waals surface area contributed by atoms with Crippen molar-refractivity contribution < 1.29 is 15.0 Å². The average molecular weight is 301 g/mol. The number of phenols is 2. The molecular weight excluding hydrogens is 278 g/mol. The lowest BCUT2D eigenvalue weighted by Gasteiger charge is -2.56. The summed E-state index contributed by atoms with van der Waals surface area (Å²) >= 11 is 0. The van der Waals surface area contributed by atoms with Gasteiger partial charge in [-0.15, -0.1) is 0 Å². The van der Waals surface area contributed by atoms with Crippen molar-refractivity contribution in [1.82, 2.24) is 5.32 Å². The lowest BCUT2D eigenvalue weighted by Crippen LogP contribution is -2.60. The van der Waals surface area contributed by atoms with E-state index in [0.717, 1.165) is 42.6 Å². The minimum absolute atomic E-state index is 0.0325. The maximum Gasteiger partial charge on any atom is 0.224 e. The van der Waals surface area contributed by atoms with Crippen LogP contribution < -0.4 is 5.32 Å². The molecule has 4 saturated carbocycles. The molecule has 3 N–H and O–H groups in total. The maximum atomic E-state index is 12.4. The van der Waals surface area contributed by atoms with Crippen molar-refractivity contribution in [3.05, 3.63) is 23.8 Å². The molecule has 0 aromatic heterocycles. The average Bonchev–Trinajstić information content (AvgIpc) is 2.40. The van der Waals surface area contributed by atoms with Crippen LogP contribution in [0.2, 0.25) is 0 Å². The van der Waals surface area contributed by atoms with Crippen molar-refractivity contribution in [3.63, 3.8) is 0 Å². The SMILES string of the molecule is O=C(Cc1ccc(O)c(O)c1)NC12CC3CC(CC(C3)C1)C2. The Hall–Kier alpha value is -1.71. The highest BCUT2D eigenvalue weighted by molar-refractivity contribution is 5.79. The lowest BCUT2D eigenvalue weighted by molar-refractivity contribution is -0.126. The standard InChI is InChI=1S/C18H23NO3/c20-15-2-1-11(6-16(15)21)7-17(22)19-18-8-12-3-13(9-18)5-14(4-12)10-18/h1-2,6,12-14,20-21H,3-5,7-10H2,(H,19,22). The number of phenolic OH excluding ortho intramolecular Hbond substituents is 2. The summed E-state index contributed by atoms with van der Waals surface area (Å²) < 4.78 is 0. The fourth-order valence-electron chi connectivity index (χ4n) is 5.47. The predicted octanol–water partition coefficient (Wildman–Crippen LogP) is 2.73. The number of hydrogen-bond acceptors (Lipinski definition) is 3. The molecule has 4 fully saturated rings. The number of carbonyl (C=O) groups excluding carboxylic acids is 1. The van der Waals surface area contributed by atoms with Crippen molar-refractivity contribution >= 4 is 5.91 Å². The van der Waals surface area contributed by atoms with E-state index in [-0.39, 0.29) is 29.4 Å². The third kappa shape index (κ3) is 2.44. The molecule has 0 atom stereocenters. The highest BCUT2D eigenvalue weighted by Gasteiger charge is 2.51. The Morgan fingerprint density at radius 2 is 1.64 bits per heavy atom. The van der Waals surface area contributed by atoms with Crippen molar-refractivity contribution in [2.45, 2.75) is 50.5 Å². The molecular formula is C18H23NO3. The van der Waals surface area contributed by atoms with Crippen LogP contribution in [0.25, 0.3) is 0 Å². The van der Waals surface area contributed by atoms with Gasteiger partial charge in [0.2, 0.25) is 5.91 Å². The molecule has 5 rings (SSSR count). The molecule has 0 heterocycles. The zero-order valence-corrected chi connectivity index (χ0v) is 12.7. The van der Waals surface area contributed by atoms with E-state index < -0.39 is 0 Å². The third-order valence-electron chi connectivity index (χ3n) is 5.85. The van der Waals surface area contributed by atoms with Crippen molar-refractivity contribution in [3.8, 4) is 11.5 Å². The number of amides is 1. The van der Waals surface area contributed by atoms with E-state index in [1.807, 2.05) is 0 Å². The van der Waals surface area contributed by atoms with E-state index in [0.29, 0.717) is 0 Å². The van der Waals surface area contributed by atoms with Crippen LogP contribution in [-0.2, 0) is 11.2 Å². The van der Waals surface area contributed by atoms with Gasteiger partial charge in [0.1, 0.15) is 0 Å². The zero-order valence-electron chi connectivity index (χ0n) is 12.7. The number of hydrogen-bond donors (Lipinski definition) is 3. The van der Waals surface area contributed by atoms with Gasteiger partial charge in [-0.05, 0) is 74.0 Å². The molecule has 4 aliphatic rings. The number of rotatable bonds is 3. The molecule has 1 amide bonds. The van der Waals surface area contributed by atoms with Crippen LogP contribution in [0.5, 0.6) is 11.5 Å². The lowest BCUT2D eigenvalue weighted by atomic mass is 9.53. The van der Waals surface area contributed by atoms with Crippen molar-refractivity contribution in [2.75, 3.05) is 0 Å². The molecule has 0 spiro atoms. The van der Waals surface area contributed by atoms with Crippen LogP contribution in [0, 0.1) is 17.8 Å². The summed E-state index contributed by atoms with van der Waals surface area (Å²) in [6, 6.07) is 4.59. The largest absolute Gasteiger partial charge is 0.504 e. The van der Waals surface area contributed by atoms with E-state index in [1.54, 1.807) is 6.07 Å². The van der Waals surface area contributed by atoms with Crippen LogP contribution in [0.4, 0.5) is 0 Å². The monoisotopic (exact) mass is 301 g/mol. The van der Waals surface area contributed by atoms with Gasteiger partial charge in [-0.1, -0.05) is 6.07 Å². The summed E-state index contributed by atoms with van der Waals surface area (Å²) in [5.74, 6) is 2.15. The van der Waals surface area contributed by atoms with Gasteiger partial charge in [0.05, 0.1) is 6.42 Å². The Kier molecular flexibility index (Phi) is 3.10. The van der Waals surface area contributed by atoms with E-state index >= 15 is 0 Å². The fourth-order valence-corrected chi connectivity index (χ4v) is 5.47. The van der Waals surface area contributed by atoms with Gasteiger partial charge >= 0.3 is 0 Å². The Bertz CT molecular complexity index is 575. The molecule has 118 valence electrons. The number of carbonyl (C=O) groups is 1. The summed E-state index contributed by atoms with van der Waals surface area (Å²) in [7, 11) is 0. The molecule has 22 heavy (non-hydrogen) atoms. The van der Waals surface area contributed by atoms with Crippen molar-refractivity contribution in [2.24, 2.45) is 17.8 Å². The molecule has 4 nitrogen and oxygen atoms in total. The number of benzene rings is 1. The second-order valence-electron chi connectivity index (χ2n) is 7.75. The smallest absolute Gasteiger partial charge is 0.224 e. The first-order valence-electron chi connectivity index (χ1n) is 8.33. The first-order valence-corrected chi connectivity index (χ1v) is 8.33. The van der Waals surface area contributed by atoms with Gasteiger partial charge in [-0.3, -0.25) is 4.79 Å². The second kappa shape index (κ2) is 4.90. The minimum atomic E-state index is -0.167. The molecule has 0 aliphatic heterocycles. The van der Waals surface area contributed by atoms with E-state index in [4.69, 9.17) is 0 Å². The Morgan fingerprint density at radius 1 is 1.05 bits per heavy atom. The number of nitrogens with one attached hydrogen (secondary N) is 1. The van der Waals surface area contributed by atoms with Crippen molar-refractivity contribution in [1.29, 1.82) is 0 Å². The van der Waals surface area contributed by atoms with Gasteiger partial charge in [0.25, 0.3) is 0 Å². The van der Waals surface area contributed by atoms with Gasteiger partial charge in [-0.25, -0.2) is 0 Å². The summed E-state index contributed by atoms with van der Waals surface area (Å²) in [4.78, 5) is 12.4. The molecule has 0 radical (unpaired) electrons. The zero-order chi connectivity index (χ0) is 15.3. The van der Waals surface area contributed by atoms with Gasteiger partial charge in [0.15, 0.2) is 11.5 Å². The Balaban J connectivity index is 1.44. The molecule has 0 saturated heterocycles. The predicted molar refractivity (Wildman–Crippen MR) is 82.5 cm³/mol. The summed E-state index contributed by atoms with van der Waals surface area (Å²) in [6.07, 6.45) is 7.78. The minimum Gasteiger partial charge on any atom is -0.504 e. The summed E-state index contributed by atoms with van der Waals surface area (Å²) in [6.45, 7) is 0. The molecule has 0 unspecified atom stereocenters. The highest BCUT2D eigenvalue weighted by Crippen LogP contribution is 2.55. The quantitative estimate of drug-likeness (QED) is 0.752. The Labute approximate surface area is 130 Å². The van der Waals surface area contributed by atoms with Gasteiger partial charge in [-0.2, -0.15) is 0 Å². The highest BCUT2D eigenvalue weighted by atomic mass is 16.3. The van der Waals surface area contributed by atoms with E-state index in [1.165, 1.54) is 31.4 Å². The Morgan fingerprint density at radius 3 is 2.18 bits per heavy atom.